The summed E-state index contributed by atoms with van der Waals surface area (Å²) < 4.78 is 13.1. The zero-order valence-corrected chi connectivity index (χ0v) is 10.2. The molecule has 2 rings (SSSR count). The second-order valence-corrected chi connectivity index (χ2v) is 4.60. The second kappa shape index (κ2) is 5.14. The van der Waals surface area contributed by atoms with Gasteiger partial charge in [0.2, 0.25) is 0 Å². The van der Waals surface area contributed by atoms with E-state index in [1.54, 1.807) is 12.3 Å². The number of aromatic nitrogens is 2. The largest absolute Gasteiger partial charge is 0.399 e. The maximum absolute atomic E-state index is 13.1. The van der Waals surface area contributed by atoms with Crippen molar-refractivity contribution >= 4 is 17.4 Å². The number of halogens is 1. The predicted molar refractivity (Wildman–Crippen MR) is 67.1 cm³/mol. The fourth-order valence-corrected chi connectivity index (χ4v) is 2.21. The van der Waals surface area contributed by atoms with Crippen molar-refractivity contribution in [3.63, 3.8) is 0 Å². The summed E-state index contributed by atoms with van der Waals surface area (Å²) in [4.78, 5) is 8.39. The van der Waals surface area contributed by atoms with Crippen LogP contribution < -0.4 is 5.73 Å². The zero-order valence-electron chi connectivity index (χ0n) is 9.35. The minimum atomic E-state index is -0.314. The molecule has 2 N–H and O–H groups in total. The standard InChI is InChI=1S/C12H12FN3S/c1-8-2-3-15-12(16-8)17-7-9-4-10(13)6-11(14)5-9/h2-6H,7,14H2,1H3. The lowest BCUT2D eigenvalue weighted by Crippen LogP contribution is -1.92. The number of nitrogens with zero attached hydrogens (tertiary/aromatic N) is 2. The van der Waals surface area contributed by atoms with Gasteiger partial charge >= 0.3 is 0 Å². The SMILES string of the molecule is Cc1ccnc(SCc2cc(N)cc(F)c2)n1. The number of hydrogen-bond donors (Lipinski definition) is 1. The van der Waals surface area contributed by atoms with Crippen LogP contribution in [-0.2, 0) is 5.75 Å². The summed E-state index contributed by atoms with van der Waals surface area (Å²) >= 11 is 1.46. The first kappa shape index (κ1) is 11.9. The Morgan fingerprint density at radius 3 is 2.88 bits per heavy atom. The maximum atomic E-state index is 13.1. The highest BCUT2D eigenvalue weighted by atomic mass is 32.2. The van der Waals surface area contributed by atoms with Crippen molar-refractivity contribution in [1.82, 2.24) is 9.97 Å². The van der Waals surface area contributed by atoms with Crippen LogP contribution in [0.5, 0.6) is 0 Å². The number of nitrogen functional groups attached to an aromatic ring is 1. The lowest BCUT2D eigenvalue weighted by atomic mass is 10.2. The van der Waals surface area contributed by atoms with E-state index in [4.69, 9.17) is 5.73 Å². The van der Waals surface area contributed by atoms with Gasteiger partial charge in [0.1, 0.15) is 5.82 Å². The molecule has 3 nitrogen and oxygen atoms in total. The molecule has 1 aromatic carbocycles. The van der Waals surface area contributed by atoms with Crippen molar-refractivity contribution in [2.75, 3.05) is 5.73 Å². The molecule has 0 radical (unpaired) electrons. The topological polar surface area (TPSA) is 51.8 Å². The molecule has 0 aliphatic heterocycles. The highest BCUT2D eigenvalue weighted by Gasteiger charge is 2.02. The monoisotopic (exact) mass is 249 g/mol. The van der Waals surface area contributed by atoms with Crippen LogP contribution in [0.1, 0.15) is 11.3 Å². The Hall–Kier alpha value is -1.62. The van der Waals surface area contributed by atoms with Crippen LogP contribution in [0.15, 0.2) is 35.6 Å². The Kier molecular flexibility index (Phi) is 3.58. The summed E-state index contributed by atoms with van der Waals surface area (Å²) in [6, 6.07) is 6.37. The van der Waals surface area contributed by atoms with Gasteiger partial charge in [0.05, 0.1) is 0 Å². The van der Waals surface area contributed by atoms with Crippen LogP contribution in [0.2, 0.25) is 0 Å². The molecule has 1 aromatic heterocycles. The van der Waals surface area contributed by atoms with E-state index in [-0.39, 0.29) is 5.82 Å². The predicted octanol–water partition coefficient (Wildman–Crippen LogP) is 2.80. The molecule has 0 spiro atoms. The van der Waals surface area contributed by atoms with E-state index in [0.29, 0.717) is 16.6 Å². The van der Waals surface area contributed by atoms with Crippen LogP contribution in [0.3, 0.4) is 0 Å². The highest BCUT2D eigenvalue weighted by molar-refractivity contribution is 7.98. The van der Waals surface area contributed by atoms with Crippen molar-refractivity contribution in [2.45, 2.75) is 17.8 Å². The second-order valence-electron chi connectivity index (χ2n) is 3.66. The molecular formula is C12H12FN3S. The average Bonchev–Trinajstić information content (AvgIpc) is 2.25. The number of anilines is 1. The Labute approximate surface area is 103 Å². The number of thioether (sulfide) groups is 1. The molecule has 0 saturated carbocycles. The Bertz CT molecular complexity index is 511. The van der Waals surface area contributed by atoms with Gasteiger partial charge in [0, 0.05) is 23.3 Å². The molecule has 0 unspecified atom stereocenters. The van der Waals surface area contributed by atoms with Crippen molar-refractivity contribution in [1.29, 1.82) is 0 Å². The van der Waals surface area contributed by atoms with Gasteiger partial charge in [0.25, 0.3) is 0 Å². The summed E-state index contributed by atoms with van der Waals surface area (Å²) in [6.45, 7) is 1.91. The van der Waals surface area contributed by atoms with Gasteiger partial charge in [-0.15, -0.1) is 0 Å². The summed E-state index contributed by atoms with van der Waals surface area (Å²) in [5.41, 5.74) is 7.76. The molecule has 2 aromatic rings. The Balaban J connectivity index is 2.07. The first-order valence-corrected chi connectivity index (χ1v) is 6.09. The van der Waals surface area contributed by atoms with Gasteiger partial charge in [-0.05, 0) is 36.8 Å². The van der Waals surface area contributed by atoms with Crippen molar-refractivity contribution in [3.8, 4) is 0 Å². The van der Waals surface area contributed by atoms with E-state index in [0.717, 1.165) is 11.3 Å². The lowest BCUT2D eigenvalue weighted by Gasteiger charge is -2.03. The van der Waals surface area contributed by atoms with Crippen LogP contribution in [0.25, 0.3) is 0 Å². The molecule has 88 valence electrons. The first-order chi connectivity index (χ1) is 8.13. The van der Waals surface area contributed by atoms with Crippen LogP contribution in [0.4, 0.5) is 10.1 Å². The number of hydrogen-bond acceptors (Lipinski definition) is 4. The number of nitrogens with two attached hydrogens (primary N) is 1. The molecule has 0 amide bonds. The molecule has 0 bridgehead atoms. The minimum absolute atomic E-state index is 0.314. The van der Waals surface area contributed by atoms with Crippen LogP contribution in [-0.4, -0.2) is 9.97 Å². The average molecular weight is 249 g/mol. The molecule has 0 aliphatic rings. The van der Waals surface area contributed by atoms with Crippen LogP contribution in [0, 0.1) is 12.7 Å². The van der Waals surface area contributed by atoms with E-state index in [1.807, 2.05) is 13.0 Å². The van der Waals surface area contributed by atoms with E-state index in [2.05, 4.69) is 9.97 Å². The third kappa shape index (κ3) is 3.42. The molecule has 1 heterocycles. The van der Waals surface area contributed by atoms with E-state index < -0.39 is 0 Å². The Morgan fingerprint density at radius 2 is 2.18 bits per heavy atom. The van der Waals surface area contributed by atoms with Gasteiger partial charge in [-0.2, -0.15) is 0 Å². The zero-order chi connectivity index (χ0) is 12.3. The quantitative estimate of drug-likeness (QED) is 0.516. The van der Waals surface area contributed by atoms with Gasteiger partial charge in [0.15, 0.2) is 5.16 Å². The molecule has 0 saturated heterocycles. The smallest absolute Gasteiger partial charge is 0.188 e. The van der Waals surface area contributed by atoms with E-state index in [1.165, 1.54) is 23.9 Å². The van der Waals surface area contributed by atoms with Gasteiger partial charge in [-0.1, -0.05) is 11.8 Å². The Morgan fingerprint density at radius 1 is 1.35 bits per heavy atom. The fraction of sp³-hybridized carbons (Fsp3) is 0.167. The van der Waals surface area contributed by atoms with Gasteiger partial charge < -0.3 is 5.73 Å². The summed E-state index contributed by atoms with van der Waals surface area (Å²) in [7, 11) is 0. The molecule has 17 heavy (non-hydrogen) atoms. The van der Waals surface area contributed by atoms with Gasteiger partial charge in [-0.3, -0.25) is 0 Å². The van der Waals surface area contributed by atoms with Crippen molar-refractivity contribution in [2.24, 2.45) is 0 Å². The van der Waals surface area contributed by atoms with Crippen LogP contribution >= 0.6 is 11.8 Å². The number of aryl methyl sites for hydroxylation is 1. The van der Waals surface area contributed by atoms with Gasteiger partial charge in [-0.25, -0.2) is 14.4 Å². The summed E-state index contributed by atoms with van der Waals surface area (Å²) in [5, 5.41) is 0.688. The summed E-state index contributed by atoms with van der Waals surface area (Å²) in [5.74, 6) is 0.288. The molecular weight excluding hydrogens is 237 g/mol. The number of rotatable bonds is 3. The highest BCUT2D eigenvalue weighted by Crippen LogP contribution is 2.21. The molecule has 0 aliphatic carbocycles. The first-order valence-electron chi connectivity index (χ1n) is 5.11. The lowest BCUT2D eigenvalue weighted by molar-refractivity contribution is 0.627. The normalized spacial score (nSPS) is 10.5. The van der Waals surface area contributed by atoms with Crippen molar-refractivity contribution < 1.29 is 4.39 Å². The van der Waals surface area contributed by atoms with E-state index in [9.17, 15) is 4.39 Å². The van der Waals surface area contributed by atoms with E-state index >= 15 is 0 Å². The third-order valence-electron chi connectivity index (χ3n) is 2.12. The molecule has 0 atom stereocenters. The maximum Gasteiger partial charge on any atom is 0.188 e. The fourth-order valence-electron chi connectivity index (χ4n) is 1.40. The summed E-state index contributed by atoms with van der Waals surface area (Å²) in [6.07, 6.45) is 1.71. The molecule has 0 fully saturated rings. The van der Waals surface area contributed by atoms with Crippen molar-refractivity contribution in [3.05, 3.63) is 47.5 Å². The third-order valence-corrected chi connectivity index (χ3v) is 3.05. The minimum Gasteiger partial charge on any atom is -0.399 e. The molecule has 5 heteroatoms. The number of benzene rings is 1.